The van der Waals surface area contributed by atoms with Crippen LogP contribution >= 0.6 is 11.3 Å². The van der Waals surface area contributed by atoms with Crippen LogP contribution in [-0.4, -0.2) is 17.7 Å². The molecule has 0 aliphatic heterocycles. The number of aliphatic imine (C=N–C) groups is 1. The Morgan fingerprint density at radius 3 is 2.09 bits per heavy atom. The Kier molecular flexibility index (Phi) is 3.58. The maximum Gasteiger partial charge on any atom is 0.125 e. The van der Waals surface area contributed by atoms with E-state index in [0.29, 0.717) is 5.84 Å². The molecule has 0 fully saturated rings. The highest BCUT2D eigenvalue weighted by molar-refractivity contribution is 7.25. The summed E-state index contributed by atoms with van der Waals surface area (Å²) in [6.45, 7) is 4.01. The maximum absolute atomic E-state index is 7.60. The highest BCUT2D eigenvalue weighted by atomic mass is 32.1. The molecule has 0 saturated heterocycles. The average molecular weight is 310 g/mol. The number of benzene rings is 2. The van der Waals surface area contributed by atoms with Gasteiger partial charge in [0.2, 0.25) is 0 Å². The van der Waals surface area contributed by atoms with Crippen LogP contribution in [0.3, 0.4) is 0 Å². The fraction of sp³-hybridized carbons (Fsp3) is 0.176. The predicted molar refractivity (Wildman–Crippen MR) is 96.2 cm³/mol. The minimum atomic E-state index is 0.0817. The van der Waals surface area contributed by atoms with Crippen molar-refractivity contribution < 1.29 is 0 Å². The Labute approximate surface area is 133 Å². The molecule has 0 spiro atoms. The van der Waals surface area contributed by atoms with Crippen molar-refractivity contribution in [2.24, 2.45) is 16.5 Å². The van der Waals surface area contributed by atoms with Gasteiger partial charge in [-0.2, -0.15) is 0 Å². The largest absolute Gasteiger partial charge is 0.384 e. The van der Waals surface area contributed by atoms with Crippen LogP contribution in [0.5, 0.6) is 0 Å². The fourth-order valence-corrected chi connectivity index (χ4v) is 3.52. The van der Waals surface area contributed by atoms with Crippen LogP contribution in [0, 0.1) is 5.41 Å². The van der Waals surface area contributed by atoms with Crippen LogP contribution in [-0.2, 0) is 0 Å². The number of thiophene rings is 1. The summed E-state index contributed by atoms with van der Waals surface area (Å²) in [5, 5.41) is 9.83. The van der Waals surface area contributed by atoms with Crippen LogP contribution < -0.4 is 11.5 Å². The van der Waals surface area contributed by atoms with E-state index < -0.39 is 0 Å². The SMILES string of the molecule is CC(C)N=C(N)c1ccc2sc3ccc(C(=N)N)cc3c2c1. The lowest BCUT2D eigenvalue weighted by Gasteiger charge is -2.04. The summed E-state index contributed by atoms with van der Waals surface area (Å²) in [4.78, 5) is 4.41. The first-order valence-corrected chi connectivity index (χ1v) is 7.91. The van der Waals surface area contributed by atoms with E-state index in [1.165, 1.54) is 9.40 Å². The molecule has 3 aromatic rings. The highest BCUT2D eigenvalue weighted by Gasteiger charge is 2.09. The third kappa shape index (κ3) is 2.55. The van der Waals surface area contributed by atoms with E-state index in [1.807, 2.05) is 38.1 Å². The van der Waals surface area contributed by atoms with Crippen molar-refractivity contribution >= 4 is 43.2 Å². The molecule has 2 aromatic carbocycles. The third-order valence-corrected chi connectivity index (χ3v) is 4.63. The molecule has 4 nitrogen and oxygen atoms in total. The quantitative estimate of drug-likeness (QED) is 0.511. The lowest BCUT2D eigenvalue weighted by atomic mass is 10.1. The standard InChI is InChI=1S/C17H18N4S/c1-9(2)21-17(20)11-4-6-15-13(8-11)12-7-10(16(18)19)3-5-14(12)22-15/h3-9H,1-2H3,(H3,18,19)(H2,20,21). The molecule has 0 aliphatic rings. The number of nitrogen functional groups attached to an aromatic ring is 1. The van der Waals surface area contributed by atoms with E-state index in [1.54, 1.807) is 11.3 Å². The van der Waals surface area contributed by atoms with Gasteiger partial charge in [0.1, 0.15) is 11.7 Å². The number of nitrogens with zero attached hydrogens (tertiary/aromatic N) is 1. The number of nitrogens with one attached hydrogen (secondary N) is 1. The molecule has 1 heterocycles. The number of hydrogen-bond acceptors (Lipinski definition) is 3. The summed E-state index contributed by atoms with van der Waals surface area (Å²) >= 11 is 1.72. The minimum absolute atomic E-state index is 0.0817. The van der Waals surface area contributed by atoms with E-state index in [4.69, 9.17) is 16.9 Å². The van der Waals surface area contributed by atoms with Gasteiger partial charge in [0, 0.05) is 37.3 Å². The van der Waals surface area contributed by atoms with E-state index >= 15 is 0 Å². The van der Waals surface area contributed by atoms with Crippen molar-refractivity contribution in [2.75, 3.05) is 0 Å². The molecule has 22 heavy (non-hydrogen) atoms. The predicted octanol–water partition coefficient (Wildman–Crippen LogP) is 3.45. The summed E-state index contributed by atoms with van der Waals surface area (Å²) in [6.07, 6.45) is 0. The van der Waals surface area contributed by atoms with Gasteiger partial charge in [-0.15, -0.1) is 11.3 Å². The molecule has 5 heteroatoms. The summed E-state index contributed by atoms with van der Waals surface area (Å²) in [7, 11) is 0. The number of fused-ring (bicyclic) bond motifs is 3. The molecule has 112 valence electrons. The summed E-state index contributed by atoms with van der Waals surface area (Å²) in [6, 6.07) is 12.2. The van der Waals surface area contributed by atoms with Crippen LogP contribution in [0.2, 0.25) is 0 Å². The Hall–Kier alpha value is -2.40. The zero-order chi connectivity index (χ0) is 15.9. The maximum atomic E-state index is 7.60. The monoisotopic (exact) mass is 310 g/mol. The molecule has 0 atom stereocenters. The van der Waals surface area contributed by atoms with Crippen LogP contribution in [0.4, 0.5) is 0 Å². The van der Waals surface area contributed by atoms with E-state index in [-0.39, 0.29) is 11.9 Å². The number of hydrogen-bond donors (Lipinski definition) is 3. The van der Waals surface area contributed by atoms with Crippen molar-refractivity contribution in [3.8, 4) is 0 Å². The van der Waals surface area contributed by atoms with E-state index in [0.717, 1.165) is 21.9 Å². The highest BCUT2D eigenvalue weighted by Crippen LogP contribution is 2.34. The van der Waals surface area contributed by atoms with Crippen LogP contribution in [0.15, 0.2) is 41.4 Å². The molecule has 0 bridgehead atoms. The van der Waals surface area contributed by atoms with Crippen molar-refractivity contribution in [1.29, 1.82) is 5.41 Å². The van der Waals surface area contributed by atoms with Crippen LogP contribution in [0.25, 0.3) is 20.2 Å². The second-order valence-electron chi connectivity index (χ2n) is 5.55. The molecule has 0 radical (unpaired) electrons. The van der Waals surface area contributed by atoms with Gasteiger partial charge < -0.3 is 11.5 Å². The Morgan fingerprint density at radius 2 is 1.55 bits per heavy atom. The fourth-order valence-electron chi connectivity index (χ4n) is 2.46. The Balaban J connectivity index is 2.23. The first-order chi connectivity index (χ1) is 10.5. The number of rotatable bonds is 3. The first kappa shape index (κ1) is 14.5. The van der Waals surface area contributed by atoms with Gasteiger partial charge in [0.15, 0.2) is 0 Å². The first-order valence-electron chi connectivity index (χ1n) is 7.10. The molecule has 0 unspecified atom stereocenters. The zero-order valence-electron chi connectivity index (χ0n) is 12.6. The lowest BCUT2D eigenvalue weighted by molar-refractivity contribution is 0.834. The van der Waals surface area contributed by atoms with E-state index in [2.05, 4.69) is 17.1 Å². The van der Waals surface area contributed by atoms with E-state index in [9.17, 15) is 0 Å². The smallest absolute Gasteiger partial charge is 0.125 e. The molecule has 0 amide bonds. The molecular weight excluding hydrogens is 292 g/mol. The molecule has 0 aliphatic carbocycles. The number of amidine groups is 2. The lowest BCUT2D eigenvalue weighted by Crippen LogP contribution is -2.15. The Bertz CT molecular complexity index is 906. The van der Waals surface area contributed by atoms with Gasteiger partial charge in [-0.25, -0.2) is 0 Å². The van der Waals surface area contributed by atoms with Gasteiger partial charge in [0.25, 0.3) is 0 Å². The topological polar surface area (TPSA) is 88.2 Å². The second-order valence-corrected chi connectivity index (χ2v) is 6.63. The summed E-state index contributed by atoms with van der Waals surface area (Å²) in [5.41, 5.74) is 13.3. The number of nitrogens with two attached hydrogens (primary N) is 2. The molecule has 5 N–H and O–H groups in total. The third-order valence-electron chi connectivity index (χ3n) is 3.47. The van der Waals surface area contributed by atoms with Gasteiger partial charge in [-0.05, 0) is 50.2 Å². The summed E-state index contributed by atoms with van der Waals surface area (Å²) in [5.74, 6) is 0.636. The molecule has 0 saturated carbocycles. The molecule has 1 aromatic heterocycles. The molecule has 3 rings (SSSR count). The van der Waals surface area contributed by atoms with Crippen molar-refractivity contribution in [1.82, 2.24) is 0 Å². The van der Waals surface area contributed by atoms with Gasteiger partial charge in [0.05, 0.1) is 0 Å². The van der Waals surface area contributed by atoms with Crippen molar-refractivity contribution in [3.05, 3.63) is 47.5 Å². The summed E-state index contributed by atoms with van der Waals surface area (Å²) < 4.78 is 2.37. The average Bonchev–Trinajstić information content (AvgIpc) is 2.83. The zero-order valence-corrected chi connectivity index (χ0v) is 13.4. The van der Waals surface area contributed by atoms with Crippen molar-refractivity contribution in [2.45, 2.75) is 19.9 Å². The minimum Gasteiger partial charge on any atom is -0.384 e. The second kappa shape index (κ2) is 5.42. The van der Waals surface area contributed by atoms with Gasteiger partial charge in [-0.3, -0.25) is 10.4 Å². The van der Waals surface area contributed by atoms with Gasteiger partial charge >= 0.3 is 0 Å². The van der Waals surface area contributed by atoms with Crippen LogP contribution in [0.1, 0.15) is 25.0 Å². The normalized spacial score (nSPS) is 12.4. The van der Waals surface area contributed by atoms with Crippen molar-refractivity contribution in [3.63, 3.8) is 0 Å². The van der Waals surface area contributed by atoms with Gasteiger partial charge in [-0.1, -0.05) is 0 Å². The molecular formula is C17H18N4S. The Morgan fingerprint density at radius 1 is 1.00 bits per heavy atom.